The van der Waals surface area contributed by atoms with E-state index in [9.17, 15) is 8.42 Å². The monoisotopic (exact) mass is 414 g/mol. The molecule has 0 saturated heterocycles. The molecule has 0 bridgehead atoms. The number of benzene rings is 1. The molecule has 0 saturated carbocycles. The summed E-state index contributed by atoms with van der Waals surface area (Å²) in [6.45, 7) is 0. The minimum absolute atomic E-state index is 0.0251. The molecule has 1 N–H and O–H groups in total. The number of halogens is 4. The first-order valence-electron chi connectivity index (χ1n) is 5.08. The fourth-order valence-electron chi connectivity index (χ4n) is 1.34. The molecule has 1 aromatic carbocycles. The van der Waals surface area contributed by atoms with Crippen molar-refractivity contribution in [1.82, 2.24) is 4.98 Å². The SMILES string of the molecule is O=S(=O)(Nc1cc(Br)cnc1Cl)c1ccc(Cl)c(Cl)c1. The van der Waals surface area contributed by atoms with E-state index < -0.39 is 10.0 Å². The van der Waals surface area contributed by atoms with Crippen LogP contribution in [0, 0.1) is 0 Å². The van der Waals surface area contributed by atoms with Crippen molar-refractivity contribution in [3.63, 3.8) is 0 Å². The lowest BCUT2D eigenvalue weighted by atomic mass is 10.4. The van der Waals surface area contributed by atoms with Crippen LogP contribution in [0.1, 0.15) is 0 Å². The van der Waals surface area contributed by atoms with Gasteiger partial charge < -0.3 is 0 Å². The fraction of sp³-hybridized carbons (Fsp3) is 0. The second-order valence-corrected chi connectivity index (χ2v) is 7.44. The average molecular weight is 417 g/mol. The third-order valence-corrected chi connectivity index (χ3v) is 5.09. The van der Waals surface area contributed by atoms with E-state index in [0.29, 0.717) is 4.47 Å². The molecule has 4 nitrogen and oxygen atoms in total. The van der Waals surface area contributed by atoms with E-state index in [0.717, 1.165) is 0 Å². The van der Waals surface area contributed by atoms with Gasteiger partial charge in [0.05, 0.1) is 20.6 Å². The first kappa shape index (κ1) is 15.9. The number of sulfonamides is 1. The summed E-state index contributed by atoms with van der Waals surface area (Å²) in [5.41, 5.74) is 0.159. The zero-order valence-corrected chi connectivity index (χ0v) is 14.2. The molecule has 0 aliphatic rings. The van der Waals surface area contributed by atoms with Gasteiger partial charge in [0, 0.05) is 10.7 Å². The summed E-state index contributed by atoms with van der Waals surface area (Å²) in [6, 6.07) is 5.50. The van der Waals surface area contributed by atoms with Crippen LogP contribution in [0.2, 0.25) is 15.2 Å². The topological polar surface area (TPSA) is 59.1 Å². The van der Waals surface area contributed by atoms with Crippen molar-refractivity contribution in [3.8, 4) is 0 Å². The Labute approximate surface area is 139 Å². The van der Waals surface area contributed by atoms with Crippen molar-refractivity contribution < 1.29 is 8.42 Å². The van der Waals surface area contributed by atoms with Crippen LogP contribution >= 0.6 is 50.7 Å². The van der Waals surface area contributed by atoms with Gasteiger partial charge in [0.2, 0.25) is 0 Å². The molecule has 9 heteroatoms. The maximum atomic E-state index is 12.2. The highest BCUT2D eigenvalue weighted by atomic mass is 79.9. The van der Waals surface area contributed by atoms with E-state index in [1.165, 1.54) is 30.5 Å². The summed E-state index contributed by atoms with van der Waals surface area (Å²) in [5, 5.41) is 0.456. The molecule has 106 valence electrons. The van der Waals surface area contributed by atoms with Crippen LogP contribution in [-0.4, -0.2) is 13.4 Å². The van der Waals surface area contributed by atoms with Crippen LogP contribution in [0.15, 0.2) is 39.8 Å². The van der Waals surface area contributed by atoms with Gasteiger partial charge in [0.25, 0.3) is 10.0 Å². The van der Waals surface area contributed by atoms with Crippen LogP contribution in [0.3, 0.4) is 0 Å². The number of nitrogens with zero attached hydrogens (tertiary/aromatic N) is 1. The van der Waals surface area contributed by atoms with Gasteiger partial charge in [0.15, 0.2) is 5.15 Å². The summed E-state index contributed by atoms with van der Waals surface area (Å²) in [4.78, 5) is 3.81. The molecule has 0 atom stereocenters. The van der Waals surface area contributed by atoms with Gasteiger partial charge in [-0.1, -0.05) is 34.8 Å². The Morgan fingerprint density at radius 2 is 1.80 bits per heavy atom. The second-order valence-electron chi connectivity index (χ2n) is 3.67. The summed E-state index contributed by atoms with van der Waals surface area (Å²) in [6.07, 6.45) is 1.46. The zero-order chi connectivity index (χ0) is 14.9. The molecule has 1 aromatic heterocycles. The van der Waals surface area contributed by atoms with Crippen molar-refractivity contribution in [1.29, 1.82) is 0 Å². The van der Waals surface area contributed by atoms with Gasteiger partial charge in [-0.15, -0.1) is 0 Å². The van der Waals surface area contributed by atoms with E-state index in [2.05, 4.69) is 25.6 Å². The first-order chi connectivity index (χ1) is 9.29. The van der Waals surface area contributed by atoms with Crippen molar-refractivity contribution >= 4 is 66.4 Å². The standard InChI is InChI=1S/C11H6BrCl3N2O2S/c12-6-3-10(11(15)16-5-6)17-20(18,19)7-1-2-8(13)9(14)4-7/h1-5,17H. The number of nitrogens with one attached hydrogen (secondary N) is 1. The van der Waals surface area contributed by atoms with Gasteiger partial charge in [-0.2, -0.15) is 0 Å². The number of anilines is 1. The minimum Gasteiger partial charge on any atom is -0.276 e. The van der Waals surface area contributed by atoms with Crippen LogP contribution in [0.5, 0.6) is 0 Å². The molecule has 0 fully saturated rings. The first-order valence-corrected chi connectivity index (χ1v) is 8.49. The van der Waals surface area contributed by atoms with Crippen molar-refractivity contribution in [2.24, 2.45) is 0 Å². The Bertz CT molecular complexity index is 768. The van der Waals surface area contributed by atoms with Gasteiger partial charge in [0.1, 0.15) is 0 Å². The maximum absolute atomic E-state index is 12.2. The lowest BCUT2D eigenvalue weighted by Gasteiger charge is -2.10. The molecule has 0 radical (unpaired) electrons. The van der Waals surface area contributed by atoms with E-state index >= 15 is 0 Å². The molecule has 0 amide bonds. The van der Waals surface area contributed by atoms with Crippen LogP contribution in [0.25, 0.3) is 0 Å². The highest BCUT2D eigenvalue weighted by Gasteiger charge is 2.17. The minimum atomic E-state index is -3.83. The third kappa shape index (κ3) is 3.56. The maximum Gasteiger partial charge on any atom is 0.262 e. The number of hydrogen-bond acceptors (Lipinski definition) is 3. The fourth-order valence-corrected chi connectivity index (χ4v) is 3.33. The molecule has 2 aromatic rings. The molecule has 0 spiro atoms. The van der Waals surface area contributed by atoms with Gasteiger partial charge >= 0.3 is 0 Å². The van der Waals surface area contributed by atoms with Gasteiger partial charge in [-0.25, -0.2) is 13.4 Å². The van der Waals surface area contributed by atoms with Crippen molar-refractivity contribution in [3.05, 3.63) is 50.1 Å². The summed E-state index contributed by atoms with van der Waals surface area (Å²) in [5.74, 6) is 0. The third-order valence-electron chi connectivity index (χ3n) is 2.25. The van der Waals surface area contributed by atoms with Gasteiger partial charge in [-0.3, -0.25) is 4.72 Å². The van der Waals surface area contributed by atoms with Gasteiger partial charge in [-0.05, 0) is 40.2 Å². The molecule has 20 heavy (non-hydrogen) atoms. The highest BCUT2D eigenvalue weighted by Crippen LogP contribution is 2.28. The number of rotatable bonds is 3. The average Bonchev–Trinajstić information content (AvgIpc) is 2.36. The zero-order valence-electron chi connectivity index (χ0n) is 9.57. The molecule has 0 aliphatic heterocycles. The summed E-state index contributed by atoms with van der Waals surface area (Å²) < 4.78 is 27.4. The highest BCUT2D eigenvalue weighted by molar-refractivity contribution is 9.10. The number of pyridine rings is 1. The molecule has 1 heterocycles. The summed E-state index contributed by atoms with van der Waals surface area (Å²) in [7, 11) is -3.83. The second kappa shape index (κ2) is 6.07. The van der Waals surface area contributed by atoms with E-state index in [4.69, 9.17) is 34.8 Å². The quantitative estimate of drug-likeness (QED) is 0.744. The predicted molar refractivity (Wildman–Crippen MR) is 84.2 cm³/mol. The normalized spacial score (nSPS) is 11.4. The Balaban J connectivity index is 2.40. The summed E-state index contributed by atoms with van der Waals surface area (Å²) >= 11 is 20.6. The molecule has 0 aliphatic carbocycles. The lowest BCUT2D eigenvalue weighted by molar-refractivity contribution is 0.601. The number of hydrogen-bond donors (Lipinski definition) is 1. The molecule has 2 rings (SSSR count). The van der Waals surface area contributed by atoms with E-state index in [1.54, 1.807) is 0 Å². The van der Waals surface area contributed by atoms with Crippen LogP contribution in [0.4, 0.5) is 5.69 Å². The predicted octanol–water partition coefficient (Wildman–Crippen LogP) is 4.61. The Kier molecular flexibility index (Phi) is 4.81. The Morgan fingerprint density at radius 3 is 2.45 bits per heavy atom. The Morgan fingerprint density at radius 1 is 1.10 bits per heavy atom. The molecule has 0 unspecified atom stereocenters. The number of aromatic nitrogens is 1. The van der Waals surface area contributed by atoms with Crippen molar-refractivity contribution in [2.75, 3.05) is 4.72 Å². The Hall–Kier alpha value is -0.530. The smallest absolute Gasteiger partial charge is 0.262 e. The largest absolute Gasteiger partial charge is 0.276 e. The molecular formula is C11H6BrCl3N2O2S. The molecular weight excluding hydrogens is 410 g/mol. The van der Waals surface area contributed by atoms with Crippen molar-refractivity contribution in [2.45, 2.75) is 4.90 Å². The van der Waals surface area contributed by atoms with Crippen LogP contribution < -0.4 is 4.72 Å². The van der Waals surface area contributed by atoms with Crippen LogP contribution in [-0.2, 0) is 10.0 Å². The van der Waals surface area contributed by atoms with E-state index in [1.807, 2.05) is 0 Å². The lowest BCUT2D eigenvalue weighted by Crippen LogP contribution is -2.13. The van der Waals surface area contributed by atoms with E-state index in [-0.39, 0.29) is 25.8 Å².